The van der Waals surface area contributed by atoms with Crippen molar-refractivity contribution in [1.82, 2.24) is 0 Å². The lowest BCUT2D eigenvalue weighted by molar-refractivity contribution is 0.0313. The lowest BCUT2D eigenvalue weighted by atomic mass is 10.0. The van der Waals surface area contributed by atoms with Crippen LogP contribution < -0.4 is 0 Å². The summed E-state index contributed by atoms with van der Waals surface area (Å²) in [6.45, 7) is 7.93. The Morgan fingerprint density at radius 3 is 1.50 bits per heavy atom. The molecular formula is C22H28O4. The van der Waals surface area contributed by atoms with Crippen LogP contribution in [0, 0.1) is 0 Å². The summed E-state index contributed by atoms with van der Waals surface area (Å²) in [6.07, 6.45) is 3.46. The predicted octanol–water partition coefficient (Wildman–Crippen LogP) is 5.53. The fourth-order valence-electron chi connectivity index (χ4n) is 2.93. The molecule has 2 atom stereocenters. The standard InChI is InChI=1S/C22H28O4/c1-5-7-15(3)25-21(23)19-11-9-18-14-20(12-10-17(18)13-19)22(24)26-16(4)8-6-2/h9-16H,5-8H2,1-4H3/t15-,16-/m1/s1. The largest absolute Gasteiger partial charge is 0.459 e. The first-order valence-corrected chi connectivity index (χ1v) is 9.40. The minimum atomic E-state index is -0.315. The molecule has 0 aromatic heterocycles. The van der Waals surface area contributed by atoms with Crippen molar-refractivity contribution in [3.8, 4) is 0 Å². The smallest absolute Gasteiger partial charge is 0.338 e. The number of benzene rings is 2. The average Bonchev–Trinajstić information content (AvgIpc) is 2.61. The highest BCUT2D eigenvalue weighted by molar-refractivity contribution is 5.99. The number of hydrogen-bond acceptors (Lipinski definition) is 4. The summed E-state index contributed by atoms with van der Waals surface area (Å²) in [6, 6.07) is 10.7. The van der Waals surface area contributed by atoms with Crippen molar-refractivity contribution in [3.05, 3.63) is 47.5 Å². The minimum absolute atomic E-state index is 0.0922. The van der Waals surface area contributed by atoms with Crippen LogP contribution in [0.4, 0.5) is 0 Å². The quantitative estimate of drug-likeness (QED) is 0.584. The van der Waals surface area contributed by atoms with Gasteiger partial charge in [0.25, 0.3) is 0 Å². The van der Waals surface area contributed by atoms with Crippen molar-refractivity contribution in [2.24, 2.45) is 0 Å². The van der Waals surface area contributed by atoms with Crippen LogP contribution >= 0.6 is 0 Å². The molecule has 0 N–H and O–H groups in total. The topological polar surface area (TPSA) is 52.6 Å². The first kappa shape index (κ1) is 20.0. The molecule has 0 spiro atoms. The molecule has 0 amide bonds. The van der Waals surface area contributed by atoms with Crippen LogP contribution in [0.25, 0.3) is 10.8 Å². The van der Waals surface area contributed by atoms with E-state index in [1.165, 1.54) is 0 Å². The maximum atomic E-state index is 12.2. The van der Waals surface area contributed by atoms with Gasteiger partial charge in [0.15, 0.2) is 0 Å². The fourth-order valence-corrected chi connectivity index (χ4v) is 2.93. The van der Waals surface area contributed by atoms with E-state index in [9.17, 15) is 9.59 Å². The van der Waals surface area contributed by atoms with Gasteiger partial charge in [-0.3, -0.25) is 0 Å². The molecule has 0 aliphatic carbocycles. The number of fused-ring (bicyclic) bond motifs is 1. The molecule has 0 aliphatic heterocycles. The Morgan fingerprint density at radius 1 is 0.769 bits per heavy atom. The van der Waals surface area contributed by atoms with E-state index >= 15 is 0 Å². The number of esters is 2. The lowest BCUT2D eigenvalue weighted by Gasteiger charge is -2.13. The summed E-state index contributed by atoms with van der Waals surface area (Å²) in [5.74, 6) is -0.630. The lowest BCUT2D eigenvalue weighted by Crippen LogP contribution is -2.15. The summed E-state index contributed by atoms with van der Waals surface area (Å²) >= 11 is 0. The number of carbonyl (C=O) groups is 2. The highest BCUT2D eigenvalue weighted by Gasteiger charge is 2.14. The monoisotopic (exact) mass is 356 g/mol. The molecule has 140 valence electrons. The van der Waals surface area contributed by atoms with Gasteiger partial charge < -0.3 is 9.47 Å². The van der Waals surface area contributed by atoms with Crippen molar-refractivity contribution in [2.45, 2.75) is 65.6 Å². The number of rotatable bonds is 8. The van der Waals surface area contributed by atoms with Crippen molar-refractivity contribution in [3.63, 3.8) is 0 Å². The molecule has 0 saturated carbocycles. The van der Waals surface area contributed by atoms with Crippen LogP contribution in [0.2, 0.25) is 0 Å². The Morgan fingerprint density at radius 2 is 1.15 bits per heavy atom. The molecule has 4 nitrogen and oxygen atoms in total. The van der Waals surface area contributed by atoms with Gasteiger partial charge in [0, 0.05) is 0 Å². The van der Waals surface area contributed by atoms with Gasteiger partial charge in [0.1, 0.15) is 0 Å². The van der Waals surface area contributed by atoms with Gasteiger partial charge in [-0.1, -0.05) is 38.8 Å². The Hall–Kier alpha value is -2.36. The SMILES string of the molecule is CCC[C@@H](C)OC(=O)c1ccc2cc(C(=O)O[C@H](C)CCC)ccc2c1. The van der Waals surface area contributed by atoms with Gasteiger partial charge in [-0.25, -0.2) is 9.59 Å². The zero-order valence-electron chi connectivity index (χ0n) is 16.1. The molecule has 26 heavy (non-hydrogen) atoms. The highest BCUT2D eigenvalue weighted by atomic mass is 16.5. The third-order valence-electron chi connectivity index (χ3n) is 4.32. The van der Waals surface area contributed by atoms with Crippen molar-refractivity contribution in [1.29, 1.82) is 0 Å². The zero-order valence-corrected chi connectivity index (χ0v) is 16.1. The molecule has 0 radical (unpaired) electrons. The molecule has 2 rings (SSSR count). The van der Waals surface area contributed by atoms with E-state index < -0.39 is 0 Å². The van der Waals surface area contributed by atoms with Gasteiger partial charge in [-0.15, -0.1) is 0 Å². The van der Waals surface area contributed by atoms with Gasteiger partial charge in [0.2, 0.25) is 0 Å². The maximum Gasteiger partial charge on any atom is 0.338 e. The van der Waals surface area contributed by atoms with Crippen LogP contribution in [-0.2, 0) is 9.47 Å². The first-order chi connectivity index (χ1) is 12.4. The maximum absolute atomic E-state index is 12.2. The fraction of sp³-hybridized carbons (Fsp3) is 0.455. The molecular weight excluding hydrogens is 328 g/mol. The van der Waals surface area contributed by atoms with E-state index in [4.69, 9.17) is 9.47 Å². The third-order valence-corrected chi connectivity index (χ3v) is 4.32. The van der Waals surface area contributed by atoms with E-state index in [-0.39, 0.29) is 24.1 Å². The summed E-state index contributed by atoms with van der Waals surface area (Å²) < 4.78 is 10.9. The molecule has 0 heterocycles. The van der Waals surface area contributed by atoms with Gasteiger partial charge in [-0.05, 0) is 61.7 Å². The van der Waals surface area contributed by atoms with Crippen LogP contribution in [0.3, 0.4) is 0 Å². The van der Waals surface area contributed by atoms with E-state index in [2.05, 4.69) is 13.8 Å². The van der Waals surface area contributed by atoms with Crippen molar-refractivity contribution in [2.75, 3.05) is 0 Å². The van der Waals surface area contributed by atoms with Crippen LogP contribution in [0.15, 0.2) is 36.4 Å². The van der Waals surface area contributed by atoms with Gasteiger partial charge in [0.05, 0.1) is 23.3 Å². The van der Waals surface area contributed by atoms with E-state index in [1.807, 2.05) is 26.0 Å². The molecule has 0 bridgehead atoms. The van der Waals surface area contributed by atoms with Crippen LogP contribution in [-0.4, -0.2) is 24.1 Å². The van der Waals surface area contributed by atoms with Crippen LogP contribution in [0.1, 0.15) is 74.1 Å². The van der Waals surface area contributed by atoms with Crippen molar-refractivity contribution >= 4 is 22.7 Å². The molecule has 0 aliphatic rings. The summed E-state index contributed by atoms with van der Waals surface area (Å²) in [7, 11) is 0. The van der Waals surface area contributed by atoms with Gasteiger partial charge in [-0.2, -0.15) is 0 Å². The highest BCUT2D eigenvalue weighted by Crippen LogP contribution is 2.20. The van der Waals surface area contributed by atoms with E-state index in [0.29, 0.717) is 11.1 Å². The number of ether oxygens (including phenoxy) is 2. The molecule has 4 heteroatoms. The van der Waals surface area contributed by atoms with E-state index in [1.54, 1.807) is 24.3 Å². The minimum Gasteiger partial charge on any atom is -0.459 e. The molecule has 0 unspecified atom stereocenters. The molecule has 2 aromatic rings. The van der Waals surface area contributed by atoms with Crippen LogP contribution in [0.5, 0.6) is 0 Å². The summed E-state index contributed by atoms with van der Waals surface area (Å²) in [4.78, 5) is 24.5. The van der Waals surface area contributed by atoms with E-state index in [0.717, 1.165) is 36.5 Å². The second-order valence-corrected chi connectivity index (χ2v) is 6.79. The number of carbonyl (C=O) groups excluding carboxylic acids is 2. The summed E-state index contributed by atoms with van der Waals surface area (Å²) in [5, 5.41) is 1.78. The first-order valence-electron chi connectivity index (χ1n) is 9.40. The Bertz CT molecular complexity index is 701. The normalized spacial score (nSPS) is 13.2. The predicted molar refractivity (Wildman–Crippen MR) is 104 cm³/mol. The second kappa shape index (κ2) is 9.37. The third kappa shape index (κ3) is 5.32. The molecule has 0 saturated heterocycles. The second-order valence-electron chi connectivity index (χ2n) is 6.79. The molecule has 2 aromatic carbocycles. The Labute approximate surface area is 155 Å². The molecule has 0 fully saturated rings. The Kier molecular flexibility index (Phi) is 7.19. The zero-order chi connectivity index (χ0) is 19.1. The summed E-state index contributed by atoms with van der Waals surface area (Å²) in [5.41, 5.74) is 1.04. The number of hydrogen-bond donors (Lipinski definition) is 0. The van der Waals surface area contributed by atoms with Crippen molar-refractivity contribution < 1.29 is 19.1 Å². The Balaban J connectivity index is 2.14. The average molecular weight is 356 g/mol. The van der Waals surface area contributed by atoms with Gasteiger partial charge >= 0.3 is 11.9 Å².